The fraction of sp³-hybridized carbons (Fsp3) is 0.432. The maximum absolute atomic E-state index is 12.8. The average molecular weight is 668 g/mol. The van der Waals surface area contributed by atoms with Gasteiger partial charge in [-0.05, 0) is 93.3 Å². The molecule has 250 valence electrons. The van der Waals surface area contributed by atoms with Gasteiger partial charge in [-0.15, -0.1) is 0 Å². The Morgan fingerprint density at radius 2 is 1.83 bits per heavy atom. The molecule has 8 bridgehead atoms. The molecule has 5 aromatic rings. The Labute approximate surface area is 285 Å². The summed E-state index contributed by atoms with van der Waals surface area (Å²) in [6, 6.07) is 10.6. The number of hydrogen-bond acceptors (Lipinski definition) is 6. The normalized spacial score (nSPS) is 16.9. The molecule has 6 heterocycles. The Kier molecular flexibility index (Phi) is 7.95. The van der Waals surface area contributed by atoms with Crippen molar-refractivity contribution in [2.75, 3.05) is 25.5 Å². The first-order chi connectivity index (χ1) is 23.3. The summed E-state index contributed by atoms with van der Waals surface area (Å²) in [5.74, 6) is -0.0597. The minimum absolute atomic E-state index is 0.296. The molecule has 0 aliphatic carbocycles. The smallest absolute Gasteiger partial charge is 0.352 e. The largest absolute Gasteiger partial charge is 0.491 e. The summed E-state index contributed by atoms with van der Waals surface area (Å²) in [7, 11) is 5.98. The van der Waals surface area contributed by atoms with Crippen molar-refractivity contribution in [1.29, 1.82) is 0 Å². The SMILES string of the molecule is CN1Cc2cc(n(C)n2)CCc2cc3c(c(c2)OCCCc2c(C(=O)O)n(C)c4c(c(Cl)ccc24)-c2c(nn4c2CCC4)C1)NCCC3. The molecule has 0 radical (unpaired) electrons. The number of fused-ring (bicyclic) bond motifs is 10. The average Bonchev–Trinajstić information content (AvgIpc) is 3.80. The zero-order valence-electron chi connectivity index (χ0n) is 27.9. The van der Waals surface area contributed by atoms with Crippen molar-refractivity contribution in [3.63, 3.8) is 0 Å². The lowest BCUT2D eigenvalue weighted by Gasteiger charge is -2.23. The fourth-order valence-electron chi connectivity index (χ4n) is 8.21. The fourth-order valence-corrected chi connectivity index (χ4v) is 8.46. The summed E-state index contributed by atoms with van der Waals surface area (Å²) in [5, 5.41) is 25.6. The number of aryl methyl sites for hydroxylation is 7. The second-order valence-electron chi connectivity index (χ2n) is 13.6. The molecule has 0 unspecified atom stereocenters. The first-order valence-electron chi connectivity index (χ1n) is 17.1. The molecule has 0 fully saturated rings. The second-order valence-corrected chi connectivity index (χ2v) is 14.0. The lowest BCUT2D eigenvalue weighted by molar-refractivity contribution is 0.0685. The Hall–Kier alpha value is -4.28. The number of hydrogen-bond donors (Lipinski definition) is 2. The highest BCUT2D eigenvalue weighted by Gasteiger charge is 2.30. The predicted octanol–water partition coefficient (Wildman–Crippen LogP) is 6.17. The number of aromatic carboxylic acids is 1. The highest BCUT2D eigenvalue weighted by atomic mass is 35.5. The molecule has 3 aliphatic heterocycles. The quantitative estimate of drug-likeness (QED) is 0.220. The van der Waals surface area contributed by atoms with Gasteiger partial charge in [0, 0.05) is 68.2 Å². The van der Waals surface area contributed by atoms with Crippen LogP contribution in [0, 0.1) is 0 Å². The van der Waals surface area contributed by atoms with Gasteiger partial charge >= 0.3 is 5.97 Å². The molecule has 48 heavy (non-hydrogen) atoms. The zero-order chi connectivity index (χ0) is 33.1. The summed E-state index contributed by atoms with van der Waals surface area (Å²) in [4.78, 5) is 15.1. The molecule has 11 heteroatoms. The molecular formula is C37H42ClN7O3. The number of halogens is 1. The van der Waals surface area contributed by atoms with Gasteiger partial charge in [0.15, 0.2) is 0 Å². The molecule has 2 aromatic carbocycles. The summed E-state index contributed by atoms with van der Waals surface area (Å²) >= 11 is 7.09. The van der Waals surface area contributed by atoms with Gasteiger partial charge in [-0.25, -0.2) is 4.79 Å². The Balaban J connectivity index is 1.26. The van der Waals surface area contributed by atoms with E-state index in [4.69, 9.17) is 26.5 Å². The van der Waals surface area contributed by atoms with E-state index in [2.05, 4.69) is 40.1 Å². The van der Waals surface area contributed by atoms with Crippen molar-refractivity contribution >= 4 is 34.2 Å². The van der Waals surface area contributed by atoms with Gasteiger partial charge in [-0.1, -0.05) is 23.7 Å². The van der Waals surface area contributed by atoms with Gasteiger partial charge in [0.25, 0.3) is 0 Å². The molecule has 10 nitrogen and oxygen atoms in total. The van der Waals surface area contributed by atoms with Crippen molar-refractivity contribution in [2.24, 2.45) is 14.1 Å². The topological polar surface area (TPSA) is 102 Å². The minimum Gasteiger partial charge on any atom is -0.491 e. The number of anilines is 1. The number of benzene rings is 2. The van der Waals surface area contributed by atoms with E-state index in [9.17, 15) is 9.90 Å². The van der Waals surface area contributed by atoms with Crippen LogP contribution in [0.1, 0.15) is 69.2 Å². The van der Waals surface area contributed by atoms with Crippen molar-refractivity contribution < 1.29 is 14.6 Å². The molecule has 8 rings (SSSR count). The van der Waals surface area contributed by atoms with Gasteiger partial charge in [0.05, 0.1) is 34.2 Å². The van der Waals surface area contributed by atoms with Crippen LogP contribution in [-0.4, -0.2) is 60.3 Å². The maximum atomic E-state index is 12.8. The Bertz CT molecular complexity index is 2070. The van der Waals surface area contributed by atoms with Gasteiger partial charge in [-0.3, -0.25) is 14.3 Å². The van der Waals surface area contributed by atoms with Gasteiger partial charge < -0.3 is 19.7 Å². The van der Waals surface area contributed by atoms with E-state index in [1.54, 1.807) is 0 Å². The van der Waals surface area contributed by atoms with Gasteiger partial charge in [0.1, 0.15) is 11.4 Å². The zero-order valence-corrected chi connectivity index (χ0v) is 28.7. The highest BCUT2D eigenvalue weighted by Crippen LogP contribution is 2.44. The molecule has 2 N–H and O–H groups in total. The monoisotopic (exact) mass is 667 g/mol. The van der Waals surface area contributed by atoms with Crippen LogP contribution in [0.4, 0.5) is 5.69 Å². The lowest BCUT2D eigenvalue weighted by atomic mass is 9.97. The number of nitrogens with one attached hydrogen (secondary N) is 1. The summed E-state index contributed by atoms with van der Waals surface area (Å²) < 4.78 is 12.5. The third-order valence-corrected chi connectivity index (χ3v) is 10.6. The highest BCUT2D eigenvalue weighted by molar-refractivity contribution is 6.35. The Morgan fingerprint density at radius 3 is 2.69 bits per heavy atom. The Morgan fingerprint density at radius 1 is 0.958 bits per heavy atom. The molecule has 0 saturated carbocycles. The third kappa shape index (κ3) is 5.35. The van der Waals surface area contributed by atoms with Crippen molar-refractivity contribution in [3.8, 4) is 16.9 Å². The third-order valence-electron chi connectivity index (χ3n) is 10.3. The van der Waals surface area contributed by atoms with E-state index < -0.39 is 5.97 Å². The van der Waals surface area contributed by atoms with Gasteiger partial charge in [-0.2, -0.15) is 10.2 Å². The first-order valence-corrected chi connectivity index (χ1v) is 17.5. The van der Waals surface area contributed by atoms with E-state index in [1.807, 2.05) is 35.5 Å². The summed E-state index contributed by atoms with van der Waals surface area (Å²) in [6.07, 6.45) is 7.07. The van der Waals surface area contributed by atoms with Crippen LogP contribution in [0.15, 0.2) is 30.3 Å². The number of rotatable bonds is 1. The van der Waals surface area contributed by atoms with Crippen LogP contribution in [-0.2, 0) is 65.8 Å². The molecule has 0 atom stereocenters. The van der Waals surface area contributed by atoms with Crippen LogP contribution in [0.3, 0.4) is 0 Å². The number of nitrogens with zero attached hydrogens (tertiary/aromatic N) is 6. The van der Waals surface area contributed by atoms with Crippen LogP contribution in [0.5, 0.6) is 5.75 Å². The first kappa shape index (κ1) is 31.0. The molecule has 3 aliphatic rings. The van der Waals surface area contributed by atoms with E-state index in [1.165, 1.54) is 16.8 Å². The van der Waals surface area contributed by atoms with Crippen LogP contribution in [0.25, 0.3) is 22.0 Å². The van der Waals surface area contributed by atoms with Crippen molar-refractivity contribution in [3.05, 3.63) is 80.5 Å². The maximum Gasteiger partial charge on any atom is 0.352 e. The van der Waals surface area contributed by atoms with E-state index in [0.29, 0.717) is 43.3 Å². The van der Waals surface area contributed by atoms with Crippen molar-refractivity contribution in [1.82, 2.24) is 29.0 Å². The molecule has 3 aromatic heterocycles. The number of aromatic nitrogens is 5. The second kappa shape index (κ2) is 12.3. The van der Waals surface area contributed by atoms with Crippen LogP contribution < -0.4 is 10.1 Å². The van der Waals surface area contributed by atoms with Crippen molar-refractivity contribution in [2.45, 2.75) is 71.0 Å². The molecular weight excluding hydrogens is 626 g/mol. The number of carboxylic acid groups (broad SMARTS) is 1. The molecule has 0 spiro atoms. The van der Waals surface area contributed by atoms with Gasteiger partial charge in [0.2, 0.25) is 0 Å². The van der Waals surface area contributed by atoms with Crippen LogP contribution >= 0.6 is 11.6 Å². The number of ether oxygens (including phenoxy) is 1. The molecule has 0 saturated heterocycles. The standard InChI is InChI=1S/C37H42ClN7O3/c1-42-20-24-19-25(44(3)40-24)11-10-22-17-23-7-4-14-39-34(23)31(18-22)48-16-6-8-26-27-12-13-28(38)32(35(27)43(2)36(26)37(46)47)33-29(21-42)41-45-15-5-9-30(33)45/h12-13,17-19,39H,4-11,14-16,20-21H2,1-3H3,(H,46,47). The lowest BCUT2D eigenvalue weighted by Crippen LogP contribution is -2.19. The number of carbonyl (C=O) groups is 1. The summed E-state index contributed by atoms with van der Waals surface area (Å²) in [5.41, 5.74) is 11.8. The minimum atomic E-state index is -0.943. The van der Waals surface area contributed by atoms with E-state index >= 15 is 0 Å². The predicted molar refractivity (Wildman–Crippen MR) is 187 cm³/mol. The van der Waals surface area contributed by atoms with E-state index in [0.717, 1.165) is 108 Å². The van der Waals surface area contributed by atoms with Crippen LogP contribution in [0.2, 0.25) is 5.02 Å². The number of carboxylic acids is 1. The molecule has 0 amide bonds. The van der Waals surface area contributed by atoms with E-state index in [-0.39, 0.29) is 0 Å². The summed E-state index contributed by atoms with van der Waals surface area (Å²) in [6.45, 7) is 3.56.